The second-order valence-corrected chi connectivity index (χ2v) is 6.65. The molecule has 6 nitrogen and oxygen atoms in total. The standard InChI is InChI=1S/C15H17FN2O4S/c1-11-9-13(22-2)10-15(19)18(11)8-7-17-23(20,21)14-5-3-12(16)4-6-14/h3-6,9-10,17H,7-8H2,1-2H3. The van der Waals surface area contributed by atoms with E-state index in [9.17, 15) is 17.6 Å². The number of nitrogens with one attached hydrogen (secondary N) is 1. The molecule has 0 spiro atoms. The molecule has 8 heteroatoms. The minimum Gasteiger partial charge on any atom is -0.496 e. The van der Waals surface area contributed by atoms with E-state index in [-0.39, 0.29) is 23.5 Å². The number of methoxy groups -OCH3 is 1. The largest absolute Gasteiger partial charge is 0.496 e. The number of sulfonamides is 1. The fourth-order valence-corrected chi connectivity index (χ4v) is 3.11. The molecule has 0 atom stereocenters. The molecular formula is C15H17FN2O4S. The summed E-state index contributed by atoms with van der Waals surface area (Å²) in [6, 6.07) is 7.54. The summed E-state index contributed by atoms with van der Waals surface area (Å²) in [4.78, 5) is 11.9. The molecule has 0 bridgehead atoms. The zero-order chi connectivity index (χ0) is 17.0. The fraction of sp³-hybridized carbons (Fsp3) is 0.267. The summed E-state index contributed by atoms with van der Waals surface area (Å²) in [7, 11) is -2.27. The van der Waals surface area contributed by atoms with E-state index in [1.807, 2.05) is 0 Å². The van der Waals surface area contributed by atoms with Gasteiger partial charge in [0.2, 0.25) is 10.0 Å². The van der Waals surface area contributed by atoms with Crippen LogP contribution in [0, 0.1) is 12.7 Å². The summed E-state index contributed by atoms with van der Waals surface area (Å²) >= 11 is 0. The van der Waals surface area contributed by atoms with Crippen LogP contribution in [0.2, 0.25) is 0 Å². The zero-order valence-corrected chi connectivity index (χ0v) is 13.6. The van der Waals surface area contributed by atoms with E-state index < -0.39 is 15.8 Å². The lowest BCUT2D eigenvalue weighted by atomic mass is 10.3. The molecular weight excluding hydrogens is 323 g/mol. The number of aryl methyl sites for hydroxylation is 1. The molecule has 124 valence electrons. The molecule has 23 heavy (non-hydrogen) atoms. The van der Waals surface area contributed by atoms with Crippen LogP contribution in [0.25, 0.3) is 0 Å². The Morgan fingerprint density at radius 2 is 1.87 bits per heavy atom. The number of pyridine rings is 1. The molecule has 1 heterocycles. The molecule has 0 radical (unpaired) electrons. The van der Waals surface area contributed by atoms with Crippen LogP contribution < -0.4 is 15.0 Å². The summed E-state index contributed by atoms with van der Waals surface area (Å²) in [6.45, 7) is 1.94. The summed E-state index contributed by atoms with van der Waals surface area (Å²) in [5.74, 6) is -0.0556. The van der Waals surface area contributed by atoms with Crippen molar-refractivity contribution >= 4 is 10.0 Å². The van der Waals surface area contributed by atoms with Gasteiger partial charge in [-0.05, 0) is 37.3 Å². The second-order valence-electron chi connectivity index (χ2n) is 4.88. The van der Waals surface area contributed by atoms with Crippen LogP contribution in [-0.4, -0.2) is 26.6 Å². The molecule has 2 aromatic rings. The van der Waals surface area contributed by atoms with Gasteiger partial charge in [-0.1, -0.05) is 0 Å². The van der Waals surface area contributed by atoms with E-state index in [1.54, 1.807) is 13.0 Å². The highest BCUT2D eigenvalue weighted by Crippen LogP contribution is 2.10. The third-order valence-electron chi connectivity index (χ3n) is 3.30. The van der Waals surface area contributed by atoms with Crippen molar-refractivity contribution in [1.29, 1.82) is 0 Å². The molecule has 1 aromatic carbocycles. The number of aromatic nitrogens is 1. The lowest BCUT2D eigenvalue weighted by Crippen LogP contribution is -2.31. The van der Waals surface area contributed by atoms with Gasteiger partial charge < -0.3 is 9.30 Å². The zero-order valence-electron chi connectivity index (χ0n) is 12.7. The molecule has 0 fully saturated rings. The van der Waals surface area contributed by atoms with E-state index in [1.165, 1.54) is 29.9 Å². The SMILES string of the molecule is COc1cc(C)n(CCNS(=O)(=O)c2ccc(F)cc2)c(=O)c1. The van der Waals surface area contributed by atoms with Gasteiger partial charge in [-0.3, -0.25) is 4.79 Å². The van der Waals surface area contributed by atoms with Gasteiger partial charge in [0.1, 0.15) is 11.6 Å². The minimum atomic E-state index is -3.74. The van der Waals surface area contributed by atoms with Gasteiger partial charge in [0.25, 0.3) is 5.56 Å². The smallest absolute Gasteiger partial charge is 0.254 e. The van der Waals surface area contributed by atoms with Gasteiger partial charge in [0, 0.05) is 24.8 Å². The van der Waals surface area contributed by atoms with Gasteiger partial charge in [-0.2, -0.15) is 0 Å². The Balaban J connectivity index is 2.08. The monoisotopic (exact) mass is 340 g/mol. The average molecular weight is 340 g/mol. The second kappa shape index (κ2) is 6.93. The van der Waals surface area contributed by atoms with E-state index in [2.05, 4.69) is 4.72 Å². The predicted octanol–water partition coefficient (Wildman–Crippen LogP) is 1.28. The first-order valence-corrected chi connectivity index (χ1v) is 8.32. The van der Waals surface area contributed by atoms with Gasteiger partial charge in [0.05, 0.1) is 12.0 Å². The Morgan fingerprint density at radius 1 is 1.22 bits per heavy atom. The van der Waals surface area contributed by atoms with E-state index in [4.69, 9.17) is 4.74 Å². The number of hydrogen-bond acceptors (Lipinski definition) is 4. The van der Waals surface area contributed by atoms with Crippen LogP contribution in [0.3, 0.4) is 0 Å². The molecule has 0 unspecified atom stereocenters. The summed E-state index contributed by atoms with van der Waals surface area (Å²) in [5, 5.41) is 0. The van der Waals surface area contributed by atoms with Crippen LogP contribution in [0.4, 0.5) is 4.39 Å². The molecule has 0 aliphatic heterocycles. The van der Waals surface area contributed by atoms with Crippen LogP contribution in [0.5, 0.6) is 5.75 Å². The topological polar surface area (TPSA) is 77.4 Å². The molecule has 2 rings (SSSR count). The quantitative estimate of drug-likeness (QED) is 0.859. The normalized spacial score (nSPS) is 11.4. The Morgan fingerprint density at radius 3 is 2.43 bits per heavy atom. The molecule has 0 aliphatic carbocycles. The maximum Gasteiger partial charge on any atom is 0.254 e. The van der Waals surface area contributed by atoms with Gasteiger partial charge in [0.15, 0.2) is 0 Å². The van der Waals surface area contributed by atoms with Crippen LogP contribution in [-0.2, 0) is 16.6 Å². The first-order chi connectivity index (χ1) is 10.8. The van der Waals surface area contributed by atoms with E-state index in [0.717, 1.165) is 12.1 Å². The van der Waals surface area contributed by atoms with Crippen molar-refractivity contribution in [2.45, 2.75) is 18.4 Å². The number of rotatable bonds is 6. The Labute approximate surface area is 133 Å². The molecule has 0 saturated carbocycles. The molecule has 0 saturated heterocycles. The third-order valence-corrected chi connectivity index (χ3v) is 4.77. The fourth-order valence-electron chi connectivity index (χ4n) is 2.09. The van der Waals surface area contributed by atoms with Crippen molar-refractivity contribution < 1.29 is 17.5 Å². The third kappa shape index (κ3) is 4.17. The Bertz CT molecular complexity index is 845. The highest BCUT2D eigenvalue weighted by atomic mass is 32.2. The molecule has 0 amide bonds. The van der Waals surface area contributed by atoms with Crippen molar-refractivity contribution in [2.75, 3.05) is 13.7 Å². The van der Waals surface area contributed by atoms with Crippen LogP contribution in [0.1, 0.15) is 5.69 Å². The molecule has 1 aromatic heterocycles. The first kappa shape index (κ1) is 17.2. The maximum absolute atomic E-state index is 12.8. The predicted molar refractivity (Wildman–Crippen MR) is 83.6 cm³/mol. The molecule has 1 N–H and O–H groups in total. The van der Waals surface area contributed by atoms with Crippen molar-refractivity contribution in [3.8, 4) is 5.75 Å². The Hall–Kier alpha value is -2.19. The van der Waals surface area contributed by atoms with E-state index in [0.29, 0.717) is 11.4 Å². The highest BCUT2D eigenvalue weighted by molar-refractivity contribution is 7.89. The van der Waals surface area contributed by atoms with Crippen molar-refractivity contribution in [1.82, 2.24) is 9.29 Å². The van der Waals surface area contributed by atoms with E-state index >= 15 is 0 Å². The number of hydrogen-bond donors (Lipinski definition) is 1. The van der Waals surface area contributed by atoms with Crippen LogP contribution >= 0.6 is 0 Å². The lowest BCUT2D eigenvalue weighted by molar-refractivity contribution is 0.411. The number of halogens is 1. The van der Waals surface area contributed by atoms with Crippen molar-refractivity contribution in [2.24, 2.45) is 0 Å². The summed E-state index contributed by atoms with van der Waals surface area (Å²) < 4.78 is 45.8. The number of nitrogens with zero attached hydrogens (tertiary/aromatic N) is 1. The lowest BCUT2D eigenvalue weighted by Gasteiger charge is -2.12. The van der Waals surface area contributed by atoms with Gasteiger partial charge in [-0.15, -0.1) is 0 Å². The number of ether oxygens (including phenoxy) is 1. The average Bonchev–Trinajstić information content (AvgIpc) is 2.50. The van der Waals surface area contributed by atoms with Crippen molar-refractivity contribution in [3.05, 3.63) is 58.3 Å². The first-order valence-electron chi connectivity index (χ1n) is 6.84. The van der Waals surface area contributed by atoms with Gasteiger partial charge in [-0.25, -0.2) is 17.5 Å². The maximum atomic E-state index is 12.8. The summed E-state index contributed by atoms with van der Waals surface area (Å²) in [5.41, 5.74) is 0.387. The minimum absolute atomic E-state index is 0.0299. The highest BCUT2D eigenvalue weighted by Gasteiger charge is 2.13. The Kier molecular flexibility index (Phi) is 5.17. The van der Waals surface area contributed by atoms with Crippen molar-refractivity contribution in [3.63, 3.8) is 0 Å². The number of benzene rings is 1. The van der Waals surface area contributed by atoms with Gasteiger partial charge >= 0.3 is 0 Å². The summed E-state index contributed by atoms with van der Waals surface area (Å²) in [6.07, 6.45) is 0. The van der Waals surface area contributed by atoms with Crippen LogP contribution in [0.15, 0.2) is 46.1 Å². The molecule has 0 aliphatic rings.